The summed E-state index contributed by atoms with van der Waals surface area (Å²) in [7, 11) is 6.13. The summed E-state index contributed by atoms with van der Waals surface area (Å²) in [5.41, 5.74) is 1.25. The molecule has 0 aliphatic carbocycles. The van der Waals surface area contributed by atoms with Crippen molar-refractivity contribution >= 4 is 17.7 Å². The second-order valence-electron chi connectivity index (χ2n) is 4.80. The van der Waals surface area contributed by atoms with Gasteiger partial charge in [-0.1, -0.05) is 0 Å². The van der Waals surface area contributed by atoms with E-state index >= 15 is 0 Å². The Kier molecular flexibility index (Phi) is 4.34. The molecule has 5 heteroatoms. The lowest BCUT2D eigenvalue weighted by atomic mass is 10.2. The van der Waals surface area contributed by atoms with Crippen molar-refractivity contribution in [3.8, 4) is 0 Å². The maximum absolute atomic E-state index is 4.42. The van der Waals surface area contributed by atoms with Crippen LogP contribution in [0, 0.1) is 0 Å². The summed E-state index contributed by atoms with van der Waals surface area (Å²) < 4.78 is 2.16. The summed E-state index contributed by atoms with van der Waals surface area (Å²) in [4.78, 5) is 6.46. The van der Waals surface area contributed by atoms with Gasteiger partial charge in [0.05, 0.1) is 11.9 Å². The summed E-state index contributed by atoms with van der Waals surface area (Å²) in [5, 5.41) is 3.63. The third-order valence-electron chi connectivity index (χ3n) is 3.19. The summed E-state index contributed by atoms with van der Waals surface area (Å²) in [6.07, 6.45) is 4.63. The van der Waals surface area contributed by atoms with Crippen molar-refractivity contribution in [2.75, 3.05) is 30.5 Å². The van der Waals surface area contributed by atoms with Crippen molar-refractivity contribution in [1.82, 2.24) is 14.9 Å². The molecule has 0 bridgehead atoms. The Bertz CT molecular complexity index is 355. The number of rotatable bonds is 4. The van der Waals surface area contributed by atoms with Crippen LogP contribution in [0.5, 0.6) is 0 Å². The van der Waals surface area contributed by atoms with E-state index in [2.05, 4.69) is 33.7 Å². The van der Waals surface area contributed by atoms with Crippen LogP contribution in [0.3, 0.4) is 0 Å². The lowest BCUT2D eigenvalue weighted by Gasteiger charge is -2.22. The molecule has 0 aromatic carbocycles. The number of nitrogens with zero attached hydrogens (tertiary/aromatic N) is 3. The molecule has 2 rings (SSSR count). The van der Waals surface area contributed by atoms with Crippen molar-refractivity contribution in [2.45, 2.75) is 25.4 Å². The first-order valence-corrected chi connectivity index (χ1v) is 7.33. The Hall–Kier alpha value is -0.680. The average molecular weight is 254 g/mol. The maximum atomic E-state index is 4.42. The van der Waals surface area contributed by atoms with Crippen molar-refractivity contribution < 1.29 is 0 Å². The zero-order valence-electron chi connectivity index (χ0n) is 10.9. The highest BCUT2D eigenvalue weighted by Crippen LogP contribution is 2.17. The van der Waals surface area contributed by atoms with E-state index in [4.69, 9.17) is 0 Å². The molecular formula is C12H22N4S. The first-order chi connectivity index (χ1) is 8.18. The Balaban J connectivity index is 1.90. The zero-order chi connectivity index (χ0) is 12.3. The molecule has 1 saturated heterocycles. The highest BCUT2D eigenvalue weighted by molar-refractivity contribution is 7.99. The van der Waals surface area contributed by atoms with Crippen LogP contribution in [-0.2, 0) is 13.6 Å². The van der Waals surface area contributed by atoms with E-state index in [0.717, 1.165) is 12.5 Å². The lowest BCUT2D eigenvalue weighted by molar-refractivity contribution is 0.499. The highest BCUT2D eigenvalue weighted by atomic mass is 32.2. The summed E-state index contributed by atoms with van der Waals surface area (Å²) in [5.74, 6) is 3.59. The standard InChI is InChI=1S/C12H22N4S/c1-15(2)12-14-8-11(16(12)3)7-13-10-5-4-6-17-9-10/h8,10,13H,4-7,9H2,1-3H3. The molecule has 0 saturated carbocycles. The molecule has 0 spiro atoms. The van der Waals surface area contributed by atoms with E-state index in [1.165, 1.54) is 30.0 Å². The molecule has 1 aromatic rings. The fraction of sp³-hybridized carbons (Fsp3) is 0.750. The van der Waals surface area contributed by atoms with Gasteiger partial charge in [-0.3, -0.25) is 0 Å². The van der Waals surface area contributed by atoms with Crippen LogP contribution in [0.25, 0.3) is 0 Å². The van der Waals surface area contributed by atoms with Gasteiger partial charge >= 0.3 is 0 Å². The van der Waals surface area contributed by atoms with E-state index in [-0.39, 0.29) is 0 Å². The Morgan fingerprint density at radius 2 is 2.41 bits per heavy atom. The Labute approximate surface area is 108 Å². The van der Waals surface area contributed by atoms with E-state index in [1.54, 1.807) is 0 Å². The number of anilines is 1. The average Bonchev–Trinajstić information content (AvgIpc) is 2.69. The maximum Gasteiger partial charge on any atom is 0.204 e. The molecule has 1 aliphatic rings. The molecule has 1 atom stereocenters. The van der Waals surface area contributed by atoms with Crippen molar-refractivity contribution in [3.63, 3.8) is 0 Å². The number of hydrogen-bond acceptors (Lipinski definition) is 4. The van der Waals surface area contributed by atoms with Gasteiger partial charge < -0.3 is 14.8 Å². The highest BCUT2D eigenvalue weighted by Gasteiger charge is 2.14. The van der Waals surface area contributed by atoms with Gasteiger partial charge in [0, 0.05) is 39.5 Å². The van der Waals surface area contributed by atoms with Gasteiger partial charge in [0.2, 0.25) is 5.95 Å². The molecule has 1 N–H and O–H groups in total. The zero-order valence-corrected chi connectivity index (χ0v) is 11.8. The van der Waals surface area contributed by atoms with Crippen molar-refractivity contribution in [1.29, 1.82) is 0 Å². The third-order valence-corrected chi connectivity index (χ3v) is 4.41. The summed E-state index contributed by atoms with van der Waals surface area (Å²) >= 11 is 2.06. The van der Waals surface area contributed by atoms with E-state index in [9.17, 15) is 0 Å². The minimum absolute atomic E-state index is 0.673. The fourth-order valence-electron chi connectivity index (χ4n) is 2.16. The van der Waals surface area contributed by atoms with Crippen LogP contribution in [0.15, 0.2) is 6.20 Å². The van der Waals surface area contributed by atoms with E-state index in [1.807, 2.05) is 25.2 Å². The molecule has 1 aromatic heterocycles. The fourth-order valence-corrected chi connectivity index (χ4v) is 3.27. The molecule has 1 unspecified atom stereocenters. The molecule has 1 aliphatic heterocycles. The van der Waals surface area contributed by atoms with Gasteiger partial charge in [-0.05, 0) is 18.6 Å². The molecular weight excluding hydrogens is 232 g/mol. The number of hydrogen-bond donors (Lipinski definition) is 1. The van der Waals surface area contributed by atoms with Gasteiger partial charge in [0.1, 0.15) is 0 Å². The summed E-state index contributed by atoms with van der Waals surface area (Å²) in [6.45, 7) is 0.919. The first kappa shape index (κ1) is 12.8. The van der Waals surface area contributed by atoms with Gasteiger partial charge in [-0.25, -0.2) is 4.98 Å². The second kappa shape index (κ2) is 5.78. The Morgan fingerprint density at radius 3 is 3.00 bits per heavy atom. The van der Waals surface area contributed by atoms with Crippen molar-refractivity contribution in [3.05, 3.63) is 11.9 Å². The number of aromatic nitrogens is 2. The van der Waals surface area contributed by atoms with Gasteiger partial charge in [-0.15, -0.1) is 0 Å². The van der Waals surface area contributed by atoms with Crippen LogP contribution in [0.1, 0.15) is 18.5 Å². The van der Waals surface area contributed by atoms with E-state index in [0.29, 0.717) is 6.04 Å². The van der Waals surface area contributed by atoms with Crippen LogP contribution < -0.4 is 10.2 Å². The topological polar surface area (TPSA) is 33.1 Å². The Morgan fingerprint density at radius 1 is 1.59 bits per heavy atom. The SMILES string of the molecule is CN(C)c1ncc(CNC2CCCSC2)n1C. The normalized spacial score (nSPS) is 20.5. The van der Waals surface area contributed by atoms with E-state index < -0.39 is 0 Å². The molecule has 0 amide bonds. The molecule has 17 heavy (non-hydrogen) atoms. The minimum Gasteiger partial charge on any atom is -0.348 e. The molecule has 96 valence electrons. The van der Waals surface area contributed by atoms with Gasteiger partial charge in [0.15, 0.2) is 0 Å². The quantitative estimate of drug-likeness (QED) is 0.882. The molecule has 2 heterocycles. The van der Waals surface area contributed by atoms with Crippen LogP contribution in [-0.4, -0.2) is 41.2 Å². The van der Waals surface area contributed by atoms with Crippen LogP contribution >= 0.6 is 11.8 Å². The van der Waals surface area contributed by atoms with Crippen LogP contribution in [0.2, 0.25) is 0 Å². The number of thioether (sulfide) groups is 1. The van der Waals surface area contributed by atoms with Gasteiger partial charge in [0.25, 0.3) is 0 Å². The predicted molar refractivity (Wildman–Crippen MR) is 74.7 cm³/mol. The summed E-state index contributed by atoms with van der Waals surface area (Å²) in [6, 6.07) is 0.673. The van der Waals surface area contributed by atoms with Gasteiger partial charge in [-0.2, -0.15) is 11.8 Å². The molecule has 1 fully saturated rings. The first-order valence-electron chi connectivity index (χ1n) is 6.17. The second-order valence-corrected chi connectivity index (χ2v) is 5.95. The number of nitrogens with one attached hydrogen (secondary N) is 1. The molecule has 4 nitrogen and oxygen atoms in total. The molecule has 0 radical (unpaired) electrons. The predicted octanol–water partition coefficient (Wildman–Crippen LogP) is 1.47. The largest absolute Gasteiger partial charge is 0.348 e. The monoisotopic (exact) mass is 254 g/mol. The minimum atomic E-state index is 0.673. The number of imidazole rings is 1. The van der Waals surface area contributed by atoms with Crippen LogP contribution in [0.4, 0.5) is 5.95 Å². The smallest absolute Gasteiger partial charge is 0.204 e. The lowest BCUT2D eigenvalue weighted by Crippen LogP contribution is -2.33. The van der Waals surface area contributed by atoms with Crippen molar-refractivity contribution in [2.24, 2.45) is 7.05 Å². The third kappa shape index (κ3) is 3.16.